The molecule has 2 atom stereocenters. The van der Waals surface area contributed by atoms with Crippen molar-refractivity contribution in [3.63, 3.8) is 0 Å². The van der Waals surface area contributed by atoms with Crippen LogP contribution in [0.5, 0.6) is 0 Å². The zero-order valence-electron chi connectivity index (χ0n) is 10.4. The maximum atomic E-state index is 12.0. The number of hydrogen-bond acceptors (Lipinski definition) is 4. The lowest BCUT2D eigenvalue weighted by Gasteiger charge is -2.10. The number of aromatic nitrogens is 3. The number of benzene rings is 1. The van der Waals surface area contributed by atoms with Crippen LogP contribution in [-0.2, 0) is 9.59 Å². The molecule has 2 N–H and O–H groups in total. The van der Waals surface area contributed by atoms with Gasteiger partial charge in [-0.05, 0) is 18.6 Å². The fourth-order valence-electron chi connectivity index (χ4n) is 2.10. The molecule has 7 heteroatoms. The molecule has 1 aliphatic carbocycles. The smallest absolute Gasteiger partial charge is 0.307 e. The second-order valence-corrected chi connectivity index (χ2v) is 4.64. The van der Waals surface area contributed by atoms with E-state index in [1.54, 1.807) is 30.6 Å². The van der Waals surface area contributed by atoms with Crippen molar-refractivity contribution >= 4 is 17.6 Å². The Labute approximate surface area is 114 Å². The van der Waals surface area contributed by atoms with Crippen molar-refractivity contribution in [3.05, 3.63) is 36.7 Å². The van der Waals surface area contributed by atoms with E-state index < -0.39 is 17.8 Å². The Balaban J connectivity index is 1.79. The summed E-state index contributed by atoms with van der Waals surface area (Å²) >= 11 is 0. The van der Waals surface area contributed by atoms with Crippen molar-refractivity contribution in [2.45, 2.75) is 6.42 Å². The molecule has 0 aliphatic heterocycles. The van der Waals surface area contributed by atoms with E-state index in [1.807, 2.05) is 6.07 Å². The van der Waals surface area contributed by atoms with Gasteiger partial charge in [0.25, 0.3) is 0 Å². The lowest BCUT2D eigenvalue weighted by Crippen LogP contribution is -2.18. The monoisotopic (exact) mass is 272 g/mol. The van der Waals surface area contributed by atoms with E-state index in [1.165, 1.54) is 4.68 Å². The molecule has 3 rings (SSSR count). The molecule has 1 aromatic heterocycles. The standard InChI is InChI=1S/C13H12N4O3/c18-12(8-7-9(8)13(19)20)15-10-3-1-2-4-11(10)17-6-5-14-16-17/h1-6,8-9H,7H2,(H,15,18)(H,19,20)/t8-,9+/m1/s1. The normalized spacial score (nSPS) is 20.4. The fourth-order valence-corrected chi connectivity index (χ4v) is 2.10. The predicted molar refractivity (Wildman–Crippen MR) is 69.2 cm³/mol. The highest BCUT2D eigenvalue weighted by atomic mass is 16.4. The number of carbonyl (C=O) groups excluding carboxylic acids is 1. The van der Waals surface area contributed by atoms with E-state index in [2.05, 4.69) is 15.6 Å². The number of carbonyl (C=O) groups is 2. The highest BCUT2D eigenvalue weighted by Gasteiger charge is 2.48. The molecule has 7 nitrogen and oxygen atoms in total. The molecule has 0 unspecified atom stereocenters. The van der Waals surface area contributed by atoms with Crippen LogP contribution < -0.4 is 5.32 Å². The Morgan fingerprint density at radius 1 is 1.30 bits per heavy atom. The molecule has 1 aliphatic rings. The lowest BCUT2D eigenvalue weighted by atomic mass is 10.2. The number of amides is 1. The van der Waals surface area contributed by atoms with E-state index >= 15 is 0 Å². The van der Waals surface area contributed by atoms with Crippen molar-refractivity contribution in [2.75, 3.05) is 5.32 Å². The summed E-state index contributed by atoms with van der Waals surface area (Å²) in [6.07, 6.45) is 3.61. The summed E-state index contributed by atoms with van der Waals surface area (Å²) in [7, 11) is 0. The number of aliphatic carboxylic acids is 1. The number of nitrogens with zero attached hydrogens (tertiary/aromatic N) is 3. The highest BCUT2D eigenvalue weighted by molar-refractivity contribution is 5.99. The third kappa shape index (κ3) is 2.25. The van der Waals surface area contributed by atoms with Crippen LogP contribution in [0, 0.1) is 11.8 Å². The van der Waals surface area contributed by atoms with Gasteiger partial charge in [-0.25, -0.2) is 4.68 Å². The minimum Gasteiger partial charge on any atom is -0.481 e. The summed E-state index contributed by atoms with van der Waals surface area (Å²) in [6, 6.07) is 7.15. The summed E-state index contributed by atoms with van der Waals surface area (Å²) < 4.78 is 1.54. The average molecular weight is 272 g/mol. The molecule has 0 bridgehead atoms. The van der Waals surface area contributed by atoms with Crippen molar-refractivity contribution in [2.24, 2.45) is 11.8 Å². The molecule has 1 aromatic carbocycles. The first-order chi connectivity index (χ1) is 9.66. The molecule has 0 spiro atoms. The third-order valence-corrected chi connectivity index (χ3v) is 3.28. The van der Waals surface area contributed by atoms with Crippen LogP contribution in [0.2, 0.25) is 0 Å². The second-order valence-electron chi connectivity index (χ2n) is 4.64. The topological polar surface area (TPSA) is 97.1 Å². The first-order valence-electron chi connectivity index (χ1n) is 6.16. The minimum absolute atomic E-state index is 0.273. The zero-order valence-corrected chi connectivity index (χ0v) is 10.4. The van der Waals surface area contributed by atoms with E-state index in [9.17, 15) is 9.59 Å². The van der Waals surface area contributed by atoms with Gasteiger partial charge in [0.15, 0.2) is 0 Å². The van der Waals surface area contributed by atoms with E-state index in [4.69, 9.17) is 5.11 Å². The fraction of sp³-hybridized carbons (Fsp3) is 0.231. The number of carboxylic acid groups (broad SMARTS) is 1. The summed E-state index contributed by atoms with van der Waals surface area (Å²) in [5.74, 6) is -2.20. The van der Waals surface area contributed by atoms with Gasteiger partial charge in [0.1, 0.15) is 0 Å². The second kappa shape index (κ2) is 4.76. The molecule has 1 amide bonds. The van der Waals surface area contributed by atoms with Crippen LogP contribution in [0.3, 0.4) is 0 Å². The number of nitrogens with one attached hydrogen (secondary N) is 1. The SMILES string of the molecule is O=C(O)[C@H]1C[C@H]1C(=O)Nc1ccccc1-n1ccnn1. The van der Waals surface area contributed by atoms with E-state index in [0.29, 0.717) is 17.8 Å². The predicted octanol–water partition coefficient (Wildman–Crippen LogP) is 0.927. The van der Waals surface area contributed by atoms with Crippen molar-refractivity contribution < 1.29 is 14.7 Å². The molecule has 0 radical (unpaired) electrons. The Morgan fingerprint density at radius 2 is 2.10 bits per heavy atom. The van der Waals surface area contributed by atoms with Gasteiger partial charge >= 0.3 is 5.97 Å². The van der Waals surface area contributed by atoms with Crippen LogP contribution in [0.25, 0.3) is 5.69 Å². The van der Waals surface area contributed by atoms with Crippen molar-refractivity contribution in [1.29, 1.82) is 0 Å². The lowest BCUT2D eigenvalue weighted by molar-refractivity contribution is -0.139. The Hall–Kier alpha value is -2.70. The van der Waals surface area contributed by atoms with Crippen LogP contribution in [0.4, 0.5) is 5.69 Å². The van der Waals surface area contributed by atoms with Crippen LogP contribution >= 0.6 is 0 Å². The third-order valence-electron chi connectivity index (χ3n) is 3.28. The molecule has 1 fully saturated rings. The van der Waals surface area contributed by atoms with E-state index in [-0.39, 0.29) is 5.91 Å². The molecule has 1 saturated carbocycles. The van der Waals surface area contributed by atoms with Gasteiger partial charge in [0, 0.05) is 0 Å². The van der Waals surface area contributed by atoms with Crippen LogP contribution in [0.1, 0.15) is 6.42 Å². The first-order valence-corrected chi connectivity index (χ1v) is 6.16. The van der Waals surface area contributed by atoms with Gasteiger partial charge in [-0.1, -0.05) is 17.3 Å². The minimum atomic E-state index is -0.922. The largest absolute Gasteiger partial charge is 0.481 e. The Bertz CT molecular complexity index is 653. The molecule has 102 valence electrons. The summed E-state index contributed by atoms with van der Waals surface area (Å²) in [4.78, 5) is 22.8. The van der Waals surface area contributed by atoms with Crippen LogP contribution in [-0.4, -0.2) is 32.0 Å². The Kier molecular flexibility index (Phi) is 2.94. The maximum Gasteiger partial charge on any atom is 0.307 e. The zero-order chi connectivity index (χ0) is 14.1. The number of anilines is 1. The van der Waals surface area contributed by atoms with Gasteiger partial charge in [-0.15, -0.1) is 5.10 Å². The van der Waals surface area contributed by atoms with Gasteiger partial charge in [0.05, 0.1) is 35.6 Å². The summed E-state index contributed by atoms with van der Waals surface area (Å²) in [5, 5.41) is 19.2. The highest BCUT2D eigenvalue weighted by Crippen LogP contribution is 2.39. The molecular weight excluding hydrogens is 260 g/mol. The van der Waals surface area contributed by atoms with E-state index in [0.717, 1.165) is 0 Å². The Morgan fingerprint density at radius 3 is 2.75 bits per heavy atom. The first kappa shape index (κ1) is 12.3. The molecule has 1 heterocycles. The van der Waals surface area contributed by atoms with Crippen molar-refractivity contribution in [3.8, 4) is 5.69 Å². The number of hydrogen-bond donors (Lipinski definition) is 2. The summed E-state index contributed by atoms with van der Waals surface area (Å²) in [5.41, 5.74) is 1.27. The average Bonchev–Trinajstić information content (AvgIpc) is 3.08. The van der Waals surface area contributed by atoms with Gasteiger partial charge < -0.3 is 10.4 Å². The molecular formula is C13H12N4O3. The molecule has 2 aromatic rings. The molecule has 0 saturated heterocycles. The van der Waals surface area contributed by atoms with Gasteiger partial charge in [-0.3, -0.25) is 9.59 Å². The quantitative estimate of drug-likeness (QED) is 0.862. The van der Waals surface area contributed by atoms with Crippen molar-refractivity contribution in [1.82, 2.24) is 15.0 Å². The van der Waals surface area contributed by atoms with Gasteiger partial charge in [-0.2, -0.15) is 0 Å². The molecule has 20 heavy (non-hydrogen) atoms. The number of carboxylic acids is 1. The van der Waals surface area contributed by atoms with Crippen LogP contribution in [0.15, 0.2) is 36.7 Å². The number of rotatable bonds is 4. The maximum absolute atomic E-state index is 12.0. The van der Waals surface area contributed by atoms with Gasteiger partial charge in [0.2, 0.25) is 5.91 Å². The summed E-state index contributed by atoms with van der Waals surface area (Å²) in [6.45, 7) is 0. The number of para-hydroxylation sites is 2.